The lowest BCUT2D eigenvalue weighted by molar-refractivity contribution is -0.671. The quantitative estimate of drug-likeness (QED) is 0.147. The largest absolute Gasteiger partial charge is 0.354 e. The summed E-state index contributed by atoms with van der Waals surface area (Å²) >= 11 is 0. The van der Waals surface area contributed by atoms with Crippen molar-refractivity contribution in [3.63, 3.8) is 0 Å². The van der Waals surface area contributed by atoms with Crippen LogP contribution in [0.3, 0.4) is 0 Å². The molecule has 2 aliphatic heterocycles. The van der Waals surface area contributed by atoms with Crippen molar-refractivity contribution in [2.75, 3.05) is 5.32 Å². The second kappa shape index (κ2) is 15.0. The maximum atomic E-state index is 13.1. The van der Waals surface area contributed by atoms with Gasteiger partial charge in [0.25, 0.3) is 5.91 Å². The molecule has 2 aromatic carbocycles. The molecule has 6 aromatic heterocycles. The van der Waals surface area contributed by atoms with Crippen LogP contribution < -0.4 is 19.0 Å². The Morgan fingerprint density at radius 1 is 0.433 bits per heavy atom. The van der Waals surface area contributed by atoms with Gasteiger partial charge in [-0.25, -0.2) is 23.7 Å². The summed E-state index contributed by atoms with van der Waals surface area (Å²) in [4.78, 5) is 31.5. The highest BCUT2D eigenvalue weighted by atomic mass is 16.1. The monoisotopic (exact) mass is 781 g/mol. The number of benzene rings is 2. The van der Waals surface area contributed by atoms with Gasteiger partial charge < -0.3 is 15.3 Å². The van der Waals surface area contributed by atoms with Crippen molar-refractivity contribution in [1.82, 2.24) is 19.9 Å². The van der Waals surface area contributed by atoms with Gasteiger partial charge in [0.2, 0.25) is 0 Å². The molecule has 10 rings (SSSR count). The zero-order chi connectivity index (χ0) is 40.7. The van der Waals surface area contributed by atoms with Crippen molar-refractivity contribution in [3.8, 4) is 44.5 Å². The van der Waals surface area contributed by atoms with Gasteiger partial charge in [0, 0.05) is 92.0 Å². The smallest absolute Gasteiger partial charge is 0.255 e. The molecule has 0 unspecified atom stereocenters. The van der Waals surface area contributed by atoms with Crippen LogP contribution in [0.4, 0.5) is 5.69 Å². The van der Waals surface area contributed by atoms with Crippen LogP contribution in [0.25, 0.3) is 90.9 Å². The van der Waals surface area contributed by atoms with Crippen molar-refractivity contribution in [2.45, 2.75) is 0 Å². The minimum Gasteiger partial charge on any atom is -0.354 e. The minimum atomic E-state index is -0.157. The molecule has 0 radical (unpaired) electrons. The van der Waals surface area contributed by atoms with Crippen LogP contribution >= 0.6 is 0 Å². The van der Waals surface area contributed by atoms with Gasteiger partial charge in [-0.3, -0.25) is 4.79 Å². The molecular formula is C51H41N8O+3. The Morgan fingerprint density at radius 3 is 1.23 bits per heavy atom. The molecule has 60 heavy (non-hydrogen) atoms. The standard InChI is InChI=1S/C51H39N8O/c1-57-27-21-34(22-28-57)48-41-15-13-39(53-41)47(33-9-11-38(12-10-33)52-51(60)37-7-5-4-6-8-37)40-14-16-42(54-40)49(35-23-29-58(2)30-24-35)44-18-20-46(56-44)50(45-19-17-43(48)55-45)36-25-31-59(3)32-26-36/h4-32H,1-3H3,(H-,52,53,54,55,56,60)/q+1/p+2. The molecule has 0 spiro atoms. The molecule has 0 aliphatic carbocycles. The van der Waals surface area contributed by atoms with E-state index in [9.17, 15) is 4.79 Å². The minimum absolute atomic E-state index is 0.157. The Morgan fingerprint density at radius 2 is 0.800 bits per heavy atom. The fourth-order valence-electron chi connectivity index (χ4n) is 7.94. The number of amides is 1. The van der Waals surface area contributed by atoms with Crippen LogP contribution in [0.5, 0.6) is 0 Å². The second-order valence-corrected chi connectivity index (χ2v) is 15.2. The molecule has 8 heterocycles. The molecule has 2 aliphatic rings. The number of aromatic amines is 2. The Kier molecular flexibility index (Phi) is 9.10. The third-order valence-corrected chi connectivity index (χ3v) is 11.0. The van der Waals surface area contributed by atoms with Gasteiger partial charge in [-0.15, -0.1) is 0 Å². The van der Waals surface area contributed by atoms with Crippen LogP contribution in [-0.4, -0.2) is 25.8 Å². The number of carbonyl (C=O) groups is 1. The number of aryl methyl sites for hydroxylation is 3. The van der Waals surface area contributed by atoms with E-state index in [1.165, 1.54) is 0 Å². The highest BCUT2D eigenvalue weighted by molar-refractivity contribution is 6.05. The zero-order valence-corrected chi connectivity index (χ0v) is 33.4. The van der Waals surface area contributed by atoms with Crippen molar-refractivity contribution >= 4 is 58.0 Å². The molecule has 0 atom stereocenters. The molecule has 9 heteroatoms. The van der Waals surface area contributed by atoms with Gasteiger partial charge in [-0.1, -0.05) is 30.3 Å². The SMILES string of the molecule is C[n+]1ccc(-c2c3nc(c(-c4cc[n+](C)cc4)c4ccc([nH]4)c(-c4ccc(NC(=O)c5ccccc5)cc4)c4ccc([nH]4)c(-c4cc[n+](C)cc4)c4nc2C=C4)C=C3)cc1. The van der Waals surface area contributed by atoms with Gasteiger partial charge in [0.1, 0.15) is 21.1 Å². The molecule has 0 saturated heterocycles. The summed E-state index contributed by atoms with van der Waals surface area (Å²) in [6.45, 7) is 0. The number of fused-ring (bicyclic) bond motifs is 8. The van der Waals surface area contributed by atoms with Gasteiger partial charge in [0.15, 0.2) is 37.2 Å². The predicted octanol–water partition coefficient (Wildman–Crippen LogP) is 9.05. The molecule has 1 amide bonds. The number of rotatable bonds is 6. The molecule has 0 saturated carbocycles. The number of H-pyrrole nitrogens is 2. The topological polar surface area (TPSA) is 98.1 Å². The van der Waals surface area contributed by atoms with E-state index in [0.717, 1.165) is 89.4 Å². The normalized spacial score (nSPS) is 11.8. The van der Waals surface area contributed by atoms with Crippen molar-refractivity contribution in [2.24, 2.45) is 21.1 Å². The fraction of sp³-hybridized carbons (Fsp3) is 0.0588. The number of nitrogens with one attached hydrogen (secondary N) is 3. The van der Waals surface area contributed by atoms with Crippen LogP contribution in [0.2, 0.25) is 0 Å². The summed E-state index contributed by atoms with van der Waals surface area (Å²) in [6, 6.07) is 38.5. The first kappa shape index (κ1) is 36.3. The van der Waals surface area contributed by atoms with Crippen molar-refractivity contribution < 1.29 is 18.5 Å². The molecule has 8 aromatic rings. The Balaban J connectivity index is 1.28. The summed E-state index contributed by atoms with van der Waals surface area (Å²) in [6.07, 6.45) is 20.8. The van der Waals surface area contributed by atoms with E-state index >= 15 is 0 Å². The van der Waals surface area contributed by atoms with E-state index in [1.54, 1.807) is 0 Å². The lowest BCUT2D eigenvalue weighted by atomic mass is 10.0. The first-order valence-corrected chi connectivity index (χ1v) is 19.8. The molecule has 0 fully saturated rings. The van der Waals surface area contributed by atoms with Crippen LogP contribution in [0.15, 0.2) is 152 Å². The highest BCUT2D eigenvalue weighted by Crippen LogP contribution is 2.38. The summed E-state index contributed by atoms with van der Waals surface area (Å²) < 4.78 is 6.10. The maximum absolute atomic E-state index is 13.1. The third kappa shape index (κ3) is 6.88. The average Bonchev–Trinajstić information content (AvgIpc) is 4.12. The first-order chi connectivity index (χ1) is 29.3. The average molecular weight is 782 g/mol. The second-order valence-electron chi connectivity index (χ2n) is 15.2. The number of aromatic nitrogens is 7. The van der Waals surface area contributed by atoms with Gasteiger partial charge in [-0.2, -0.15) is 0 Å². The summed E-state index contributed by atoms with van der Waals surface area (Å²) in [7, 11) is 6.06. The summed E-state index contributed by atoms with van der Waals surface area (Å²) in [5.41, 5.74) is 16.3. The van der Waals surface area contributed by atoms with Crippen molar-refractivity contribution in [1.29, 1.82) is 0 Å². The van der Waals surface area contributed by atoms with Gasteiger partial charge in [0.05, 0.1) is 22.8 Å². The molecule has 3 N–H and O–H groups in total. The number of hydrogen-bond acceptors (Lipinski definition) is 3. The zero-order valence-electron chi connectivity index (χ0n) is 33.4. The Labute approximate surface area is 347 Å². The molecule has 8 bridgehead atoms. The predicted molar refractivity (Wildman–Crippen MR) is 239 cm³/mol. The van der Waals surface area contributed by atoms with E-state index in [0.29, 0.717) is 11.3 Å². The fourth-order valence-corrected chi connectivity index (χ4v) is 7.94. The highest BCUT2D eigenvalue weighted by Gasteiger charge is 2.20. The van der Waals surface area contributed by atoms with E-state index in [2.05, 4.69) is 150 Å². The van der Waals surface area contributed by atoms with E-state index < -0.39 is 0 Å². The number of anilines is 1. The number of pyridine rings is 3. The van der Waals surface area contributed by atoms with E-state index in [1.807, 2.05) is 77.3 Å². The number of nitrogens with zero attached hydrogens (tertiary/aromatic N) is 5. The van der Waals surface area contributed by atoms with Gasteiger partial charge >= 0.3 is 0 Å². The van der Waals surface area contributed by atoms with Gasteiger partial charge in [-0.05, 0) is 95.1 Å². The summed E-state index contributed by atoms with van der Waals surface area (Å²) in [5, 5.41) is 3.05. The Bertz CT molecular complexity index is 3030. The van der Waals surface area contributed by atoms with E-state index in [4.69, 9.17) is 9.97 Å². The molecular weight excluding hydrogens is 741 g/mol. The molecule has 288 valence electrons. The lowest BCUT2D eigenvalue weighted by Crippen LogP contribution is -2.25. The van der Waals surface area contributed by atoms with Crippen LogP contribution in [-0.2, 0) is 21.1 Å². The summed E-state index contributed by atoms with van der Waals surface area (Å²) in [5.74, 6) is -0.157. The Hall–Kier alpha value is -8.04. The van der Waals surface area contributed by atoms with Crippen molar-refractivity contribution in [3.05, 3.63) is 181 Å². The third-order valence-electron chi connectivity index (χ3n) is 11.0. The first-order valence-electron chi connectivity index (χ1n) is 19.8. The maximum Gasteiger partial charge on any atom is 0.255 e. The van der Waals surface area contributed by atoms with Crippen LogP contribution in [0, 0.1) is 0 Å². The molecule has 9 nitrogen and oxygen atoms in total. The van der Waals surface area contributed by atoms with Crippen LogP contribution in [0.1, 0.15) is 33.1 Å². The number of hydrogen-bond donors (Lipinski definition) is 3. The van der Waals surface area contributed by atoms with E-state index in [-0.39, 0.29) is 5.91 Å². The number of carbonyl (C=O) groups excluding carboxylic acids is 1. The lowest BCUT2D eigenvalue weighted by Gasteiger charge is -2.08.